The molecule has 2 heterocycles. The number of aliphatic hydroxyl groups excluding tert-OH is 2. The van der Waals surface area contributed by atoms with Crippen molar-refractivity contribution in [3.05, 3.63) is 59.9 Å². The van der Waals surface area contributed by atoms with Crippen LogP contribution in [0, 0.1) is 12.7 Å². The number of carbonyl (C=O) groups is 1. The quantitative estimate of drug-likeness (QED) is 0.503. The molecule has 190 valence electrons. The highest BCUT2D eigenvalue weighted by atomic mass is 32.2. The number of sulfonamides is 1. The minimum atomic E-state index is -3.82. The van der Waals surface area contributed by atoms with Gasteiger partial charge >= 0.3 is 0 Å². The van der Waals surface area contributed by atoms with E-state index in [-0.39, 0.29) is 29.6 Å². The van der Waals surface area contributed by atoms with Crippen LogP contribution in [0.25, 0.3) is 0 Å². The van der Waals surface area contributed by atoms with Gasteiger partial charge in [0.05, 0.1) is 17.4 Å². The van der Waals surface area contributed by atoms with E-state index in [4.69, 9.17) is 4.74 Å². The van der Waals surface area contributed by atoms with Gasteiger partial charge in [-0.05, 0) is 43.3 Å². The largest absolute Gasteiger partial charge is 0.388 e. The van der Waals surface area contributed by atoms with Crippen LogP contribution in [0.15, 0.2) is 53.4 Å². The number of piperazine rings is 1. The zero-order valence-electron chi connectivity index (χ0n) is 19.4. The maximum Gasteiger partial charge on any atom is 0.240 e. The van der Waals surface area contributed by atoms with E-state index in [1.54, 1.807) is 29.2 Å². The van der Waals surface area contributed by atoms with Crippen molar-refractivity contribution >= 4 is 21.6 Å². The highest BCUT2D eigenvalue weighted by Crippen LogP contribution is 2.25. The van der Waals surface area contributed by atoms with Gasteiger partial charge in [-0.15, -0.1) is 0 Å². The van der Waals surface area contributed by atoms with Crippen molar-refractivity contribution in [3.8, 4) is 0 Å². The number of nitrogens with one attached hydrogen (secondary N) is 1. The van der Waals surface area contributed by atoms with Gasteiger partial charge in [-0.3, -0.25) is 4.79 Å². The third-order valence-electron chi connectivity index (χ3n) is 6.47. The molecule has 0 aliphatic carbocycles. The molecule has 0 aromatic heterocycles. The Balaban J connectivity index is 1.28. The standard InChI is InChI=1S/C24H30FN3O6S/c1-16-2-8-19(9-3-16)35(32,33)26-15-21-24(31)23(30)20(34-21)14-22(29)28-12-10-27(11-13-28)18-6-4-17(25)5-7-18/h2-9,20-21,23-24,26,30-31H,10-15H2,1H3. The lowest BCUT2D eigenvalue weighted by atomic mass is 10.0. The van der Waals surface area contributed by atoms with Crippen LogP contribution in [0.2, 0.25) is 0 Å². The maximum absolute atomic E-state index is 13.1. The van der Waals surface area contributed by atoms with Crippen molar-refractivity contribution in [2.45, 2.75) is 42.7 Å². The molecule has 4 rings (SSSR count). The number of aliphatic hydroxyl groups is 2. The van der Waals surface area contributed by atoms with Crippen LogP contribution in [0.5, 0.6) is 0 Å². The first-order valence-corrected chi connectivity index (χ1v) is 13.0. The fourth-order valence-corrected chi connectivity index (χ4v) is 5.37. The number of anilines is 1. The predicted octanol–water partition coefficient (Wildman–Crippen LogP) is 0.641. The monoisotopic (exact) mass is 507 g/mol. The summed E-state index contributed by atoms with van der Waals surface area (Å²) in [4.78, 5) is 16.6. The minimum absolute atomic E-state index is 0.0858. The molecule has 9 nitrogen and oxygen atoms in total. The molecular weight excluding hydrogens is 477 g/mol. The molecule has 2 aromatic rings. The molecular formula is C24H30FN3O6S. The first-order chi connectivity index (χ1) is 16.6. The number of benzene rings is 2. The van der Waals surface area contributed by atoms with E-state index in [2.05, 4.69) is 9.62 Å². The average Bonchev–Trinajstić information content (AvgIpc) is 3.11. The molecule has 35 heavy (non-hydrogen) atoms. The molecule has 1 amide bonds. The van der Waals surface area contributed by atoms with Crippen molar-refractivity contribution < 1.29 is 32.6 Å². The fraction of sp³-hybridized carbons (Fsp3) is 0.458. The van der Waals surface area contributed by atoms with Gasteiger partial charge in [0.15, 0.2) is 0 Å². The molecule has 2 aliphatic heterocycles. The van der Waals surface area contributed by atoms with Crippen LogP contribution in [0.4, 0.5) is 10.1 Å². The number of nitrogens with zero attached hydrogens (tertiary/aromatic N) is 2. The highest BCUT2D eigenvalue weighted by Gasteiger charge is 2.44. The lowest BCUT2D eigenvalue weighted by Crippen LogP contribution is -2.49. The fourth-order valence-electron chi connectivity index (χ4n) is 4.32. The molecule has 0 spiro atoms. The third-order valence-corrected chi connectivity index (χ3v) is 7.91. The molecule has 2 aromatic carbocycles. The first kappa shape index (κ1) is 25.5. The summed E-state index contributed by atoms with van der Waals surface area (Å²) >= 11 is 0. The van der Waals surface area contributed by atoms with Gasteiger partial charge in [-0.25, -0.2) is 17.5 Å². The van der Waals surface area contributed by atoms with Crippen LogP contribution < -0.4 is 9.62 Å². The molecule has 3 N–H and O–H groups in total. The lowest BCUT2D eigenvalue weighted by molar-refractivity contribution is -0.135. The van der Waals surface area contributed by atoms with Crippen molar-refractivity contribution in [3.63, 3.8) is 0 Å². The van der Waals surface area contributed by atoms with E-state index in [9.17, 15) is 27.8 Å². The topological polar surface area (TPSA) is 119 Å². The van der Waals surface area contributed by atoms with E-state index >= 15 is 0 Å². The first-order valence-electron chi connectivity index (χ1n) is 11.5. The Bertz CT molecular complexity index is 1120. The summed E-state index contributed by atoms with van der Waals surface area (Å²) in [6.07, 6.45) is -4.70. The number of rotatable bonds is 7. The number of carbonyl (C=O) groups excluding carboxylic acids is 1. The van der Waals surface area contributed by atoms with Crippen LogP contribution in [0.3, 0.4) is 0 Å². The van der Waals surface area contributed by atoms with Crippen molar-refractivity contribution in [2.75, 3.05) is 37.6 Å². The van der Waals surface area contributed by atoms with Crippen molar-refractivity contribution in [1.29, 1.82) is 0 Å². The van der Waals surface area contributed by atoms with Crippen molar-refractivity contribution in [2.24, 2.45) is 0 Å². The van der Waals surface area contributed by atoms with Crippen LogP contribution in [0.1, 0.15) is 12.0 Å². The van der Waals surface area contributed by atoms with Crippen LogP contribution in [-0.4, -0.2) is 86.6 Å². The minimum Gasteiger partial charge on any atom is -0.388 e. The van der Waals surface area contributed by atoms with E-state index in [1.807, 2.05) is 6.92 Å². The number of halogens is 1. The zero-order chi connectivity index (χ0) is 25.2. The van der Waals surface area contributed by atoms with Crippen LogP contribution >= 0.6 is 0 Å². The number of amides is 1. The summed E-state index contributed by atoms with van der Waals surface area (Å²) in [6, 6.07) is 12.5. The SMILES string of the molecule is Cc1ccc(S(=O)(=O)NCC2OC(CC(=O)N3CCN(c4ccc(F)cc4)CC3)C(O)C2O)cc1. The van der Waals surface area contributed by atoms with Gasteiger partial charge in [0.25, 0.3) is 0 Å². The number of ether oxygens (including phenoxy) is 1. The molecule has 4 unspecified atom stereocenters. The second-order valence-corrected chi connectivity index (χ2v) is 10.7. The Labute approximate surface area is 204 Å². The number of hydrogen-bond donors (Lipinski definition) is 3. The number of aryl methyl sites for hydroxylation is 1. The Hall–Kier alpha value is -2.57. The Kier molecular flexibility index (Phi) is 7.72. The molecule has 4 atom stereocenters. The number of hydrogen-bond acceptors (Lipinski definition) is 7. The molecule has 0 radical (unpaired) electrons. The molecule has 2 aliphatic rings. The molecule has 0 bridgehead atoms. The van der Waals surface area contributed by atoms with Gasteiger partial charge in [-0.2, -0.15) is 0 Å². The molecule has 2 fully saturated rings. The summed E-state index contributed by atoms with van der Waals surface area (Å²) in [5.74, 6) is -0.526. The average molecular weight is 508 g/mol. The van der Waals surface area contributed by atoms with Gasteiger partial charge in [0.1, 0.15) is 24.1 Å². The summed E-state index contributed by atoms with van der Waals surface area (Å²) in [6.45, 7) is 3.69. The Morgan fingerprint density at radius 3 is 2.23 bits per heavy atom. The summed E-state index contributed by atoms with van der Waals surface area (Å²) in [5, 5.41) is 20.8. The predicted molar refractivity (Wildman–Crippen MR) is 127 cm³/mol. The molecule has 11 heteroatoms. The van der Waals surface area contributed by atoms with E-state index < -0.39 is 34.4 Å². The summed E-state index contributed by atoms with van der Waals surface area (Å²) < 4.78 is 46.2. The highest BCUT2D eigenvalue weighted by molar-refractivity contribution is 7.89. The van der Waals surface area contributed by atoms with E-state index in [1.165, 1.54) is 24.3 Å². The van der Waals surface area contributed by atoms with Crippen molar-refractivity contribution in [1.82, 2.24) is 9.62 Å². The maximum atomic E-state index is 13.1. The van der Waals surface area contributed by atoms with Crippen LogP contribution in [-0.2, 0) is 19.6 Å². The smallest absolute Gasteiger partial charge is 0.240 e. The van der Waals surface area contributed by atoms with E-state index in [0.29, 0.717) is 26.2 Å². The lowest BCUT2D eigenvalue weighted by Gasteiger charge is -2.36. The van der Waals surface area contributed by atoms with E-state index in [0.717, 1.165) is 11.3 Å². The molecule has 2 saturated heterocycles. The van der Waals surface area contributed by atoms with Gasteiger partial charge < -0.3 is 24.7 Å². The zero-order valence-corrected chi connectivity index (χ0v) is 20.2. The summed E-state index contributed by atoms with van der Waals surface area (Å²) in [5.41, 5.74) is 1.80. The normalized spacial score (nSPS) is 25.1. The summed E-state index contributed by atoms with van der Waals surface area (Å²) in [7, 11) is -3.82. The Morgan fingerprint density at radius 2 is 1.60 bits per heavy atom. The third kappa shape index (κ3) is 5.99. The van der Waals surface area contributed by atoms with Gasteiger partial charge in [-0.1, -0.05) is 17.7 Å². The second-order valence-electron chi connectivity index (χ2n) is 8.91. The second kappa shape index (κ2) is 10.6. The van der Waals surface area contributed by atoms with Gasteiger partial charge in [0, 0.05) is 38.4 Å². The molecule has 0 saturated carbocycles. The van der Waals surface area contributed by atoms with Gasteiger partial charge in [0.2, 0.25) is 15.9 Å². The Morgan fingerprint density at radius 1 is 1.00 bits per heavy atom.